The van der Waals surface area contributed by atoms with Crippen molar-refractivity contribution < 1.29 is 10.2 Å². The molecule has 0 spiro atoms. The van der Waals surface area contributed by atoms with Gasteiger partial charge in [-0.3, -0.25) is 0 Å². The number of hydrogen-bond donors (Lipinski definition) is 2. The lowest BCUT2D eigenvalue weighted by atomic mass is 9.97. The van der Waals surface area contributed by atoms with E-state index in [2.05, 4.69) is 0 Å². The molecule has 2 aromatic carbocycles. The molecule has 0 aliphatic rings. The summed E-state index contributed by atoms with van der Waals surface area (Å²) in [5.41, 5.74) is 2.52. The van der Waals surface area contributed by atoms with Crippen molar-refractivity contribution in [3.63, 3.8) is 0 Å². The maximum absolute atomic E-state index is 10.1. The van der Waals surface area contributed by atoms with Crippen molar-refractivity contribution in [2.24, 2.45) is 0 Å². The maximum atomic E-state index is 10.1. The van der Waals surface area contributed by atoms with Gasteiger partial charge in [-0.1, -0.05) is 60.2 Å². The highest BCUT2D eigenvalue weighted by atomic mass is 16.5. The summed E-state index contributed by atoms with van der Waals surface area (Å²) < 4.78 is 0. The molecule has 0 aliphatic carbocycles. The maximum Gasteiger partial charge on any atom is 0.193 e. The monoisotopic (exact) mass is 228 g/mol. The van der Waals surface area contributed by atoms with Crippen LogP contribution in [0.3, 0.4) is 0 Å². The van der Waals surface area contributed by atoms with Crippen LogP contribution in [-0.2, 0) is 12.2 Å². The van der Waals surface area contributed by atoms with Gasteiger partial charge in [0.25, 0.3) is 0 Å². The summed E-state index contributed by atoms with van der Waals surface area (Å²) in [4.78, 5) is 0. The summed E-state index contributed by atoms with van der Waals surface area (Å²) in [5.74, 6) is -1.81. The van der Waals surface area contributed by atoms with E-state index < -0.39 is 5.79 Å². The number of rotatable bonds is 3. The highest BCUT2D eigenvalue weighted by Gasteiger charge is 2.25. The van der Waals surface area contributed by atoms with E-state index in [-0.39, 0.29) is 6.42 Å². The SMILES string of the molecule is Cc1ccc(C(O)(O)Cc2ccccc2)cc1. The fourth-order valence-corrected chi connectivity index (χ4v) is 1.80. The van der Waals surface area contributed by atoms with Crippen molar-refractivity contribution in [1.29, 1.82) is 0 Å². The Hall–Kier alpha value is -1.64. The molecule has 0 heterocycles. The molecular weight excluding hydrogens is 212 g/mol. The zero-order valence-electron chi connectivity index (χ0n) is 9.80. The van der Waals surface area contributed by atoms with Crippen LogP contribution in [0.15, 0.2) is 54.6 Å². The van der Waals surface area contributed by atoms with Crippen LogP contribution in [0.4, 0.5) is 0 Å². The van der Waals surface area contributed by atoms with E-state index in [1.165, 1.54) is 0 Å². The van der Waals surface area contributed by atoms with E-state index in [1.807, 2.05) is 49.4 Å². The first-order valence-corrected chi connectivity index (χ1v) is 5.64. The molecular formula is C15H16O2. The molecule has 0 atom stereocenters. The quantitative estimate of drug-likeness (QED) is 0.792. The molecule has 2 N–H and O–H groups in total. The van der Waals surface area contributed by atoms with E-state index >= 15 is 0 Å². The minimum Gasteiger partial charge on any atom is -0.362 e. The van der Waals surface area contributed by atoms with Gasteiger partial charge in [0.05, 0.1) is 0 Å². The highest BCUT2D eigenvalue weighted by molar-refractivity contribution is 5.27. The van der Waals surface area contributed by atoms with Crippen LogP contribution in [0.25, 0.3) is 0 Å². The second-order valence-electron chi connectivity index (χ2n) is 4.35. The molecule has 0 saturated heterocycles. The number of hydrogen-bond acceptors (Lipinski definition) is 2. The molecule has 0 aliphatic heterocycles. The molecule has 2 rings (SSSR count). The average Bonchev–Trinajstić information content (AvgIpc) is 2.30. The van der Waals surface area contributed by atoms with Gasteiger partial charge in [0.2, 0.25) is 0 Å². The van der Waals surface area contributed by atoms with Crippen LogP contribution in [0.2, 0.25) is 0 Å². The molecule has 0 aromatic heterocycles. The largest absolute Gasteiger partial charge is 0.362 e. The minimum atomic E-state index is -1.81. The van der Waals surface area contributed by atoms with Gasteiger partial charge in [0.1, 0.15) is 0 Å². The van der Waals surface area contributed by atoms with Crippen LogP contribution >= 0.6 is 0 Å². The lowest BCUT2D eigenvalue weighted by Crippen LogP contribution is -2.27. The molecule has 0 radical (unpaired) electrons. The van der Waals surface area contributed by atoms with Crippen molar-refractivity contribution in [2.45, 2.75) is 19.1 Å². The summed E-state index contributed by atoms with van der Waals surface area (Å²) in [6, 6.07) is 16.7. The molecule has 0 unspecified atom stereocenters. The fourth-order valence-electron chi connectivity index (χ4n) is 1.80. The van der Waals surface area contributed by atoms with Crippen molar-refractivity contribution in [1.82, 2.24) is 0 Å². The second-order valence-corrected chi connectivity index (χ2v) is 4.35. The third-order valence-electron chi connectivity index (χ3n) is 2.81. The van der Waals surface area contributed by atoms with E-state index in [0.29, 0.717) is 5.56 Å². The van der Waals surface area contributed by atoms with Gasteiger partial charge >= 0.3 is 0 Å². The number of aliphatic hydroxyl groups is 2. The Labute approximate surface area is 101 Å². The van der Waals surface area contributed by atoms with Crippen LogP contribution in [0.5, 0.6) is 0 Å². The molecule has 2 aromatic rings. The van der Waals surface area contributed by atoms with Gasteiger partial charge in [0.15, 0.2) is 5.79 Å². The van der Waals surface area contributed by atoms with E-state index in [0.717, 1.165) is 11.1 Å². The Morgan fingerprint density at radius 3 is 2.06 bits per heavy atom. The van der Waals surface area contributed by atoms with E-state index in [4.69, 9.17) is 0 Å². The molecule has 0 amide bonds. The smallest absolute Gasteiger partial charge is 0.193 e. The van der Waals surface area contributed by atoms with Crippen LogP contribution in [0, 0.1) is 6.92 Å². The Morgan fingerprint density at radius 1 is 0.882 bits per heavy atom. The van der Waals surface area contributed by atoms with Gasteiger partial charge in [0, 0.05) is 12.0 Å². The van der Waals surface area contributed by atoms with Crippen molar-refractivity contribution in [3.05, 3.63) is 71.3 Å². The Morgan fingerprint density at radius 2 is 1.47 bits per heavy atom. The predicted molar refractivity (Wildman–Crippen MR) is 67.4 cm³/mol. The van der Waals surface area contributed by atoms with Crippen molar-refractivity contribution >= 4 is 0 Å². The lowest BCUT2D eigenvalue weighted by molar-refractivity contribution is -0.168. The van der Waals surface area contributed by atoms with Gasteiger partial charge in [-0.2, -0.15) is 0 Å². The van der Waals surface area contributed by atoms with Gasteiger partial charge in [-0.15, -0.1) is 0 Å². The standard InChI is InChI=1S/C15H16O2/c1-12-7-9-14(10-8-12)15(16,17)11-13-5-3-2-4-6-13/h2-10,16-17H,11H2,1H3. The normalized spacial score (nSPS) is 11.5. The average molecular weight is 228 g/mol. The van der Waals surface area contributed by atoms with Gasteiger partial charge in [-0.05, 0) is 12.5 Å². The molecule has 17 heavy (non-hydrogen) atoms. The highest BCUT2D eigenvalue weighted by Crippen LogP contribution is 2.23. The van der Waals surface area contributed by atoms with Gasteiger partial charge in [-0.25, -0.2) is 0 Å². The van der Waals surface area contributed by atoms with Crippen LogP contribution < -0.4 is 0 Å². The van der Waals surface area contributed by atoms with E-state index in [9.17, 15) is 10.2 Å². The third-order valence-corrected chi connectivity index (χ3v) is 2.81. The zero-order valence-corrected chi connectivity index (χ0v) is 9.80. The molecule has 2 heteroatoms. The molecule has 0 fully saturated rings. The van der Waals surface area contributed by atoms with Crippen LogP contribution in [0.1, 0.15) is 16.7 Å². The first-order chi connectivity index (χ1) is 8.08. The molecule has 0 saturated carbocycles. The third kappa shape index (κ3) is 2.93. The van der Waals surface area contributed by atoms with E-state index in [1.54, 1.807) is 12.1 Å². The summed E-state index contributed by atoms with van der Waals surface area (Å²) in [6.07, 6.45) is 0.191. The van der Waals surface area contributed by atoms with Gasteiger partial charge < -0.3 is 10.2 Å². The lowest BCUT2D eigenvalue weighted by Gasteiger charge is -2.22. The zero-order chi connectivity index (χ0) is 12.3. The molecule has 2 nitrogen and oxygen atoms in total. The molecule has 88 valence electrons. The topological polar surface area (TPSA) is 40.5 Å². The van der Waals surface area contributed by atoms with Crippen LogP contribution in [-0.4, -0.2) is 10.2 Å². The van der Waals surface area contributed by atoms with Crippen molar-refractivity contribution in [3.8, 4) is 0 Å². The summed E-state index contributed by atoms with van der Waals surface area (Å²) >= 11 is 0. The van der Waals surface area contributed by atoms with Crippen molar-refractivity contribution in [2.75, 3.05) is 0 Å². The molecule has 0 bridgehead atoms. The first kappa shape index (κ1) is 11.8. The second kappa shape index (κ2) is 4.70. The predicted octanol–water partition coefficient (Wildman–Crippen LogP) is 2.38. The summed E-state index contributed by atoms with van der Waals surface area (Å²) in [5, 5.41) is 20.2. The first-order valence-electron chi connectivity index (χ1n) is 5.64. The Balaban J connectivity index is 2.21. The fraction of sp³-hybridized carbons (Fsp3) is 0.200. The Kier molecular flexibility index (Phi) is 3.27. The number of aryl methyl sites for hydroxylation is 1. The minimum absolute atomic E-state index is 0.191. The summed E-state index contributed by atoms with van der Waals surface area (Å²) in [7, 11) is 0. The Bertz CT molecular complexity index is 472. The summed E-state index contributed by atoms with van der Waals surface area (Å²) in [6.45, 7) is 1.97. The number of benzene rings is 2.